The van der Waals surface area contributed by atoms with Gasteiger partial charge in [-0.2, -0.15) is 0 Å². The molecule has 1 aromatic carbocycles. The summed E-state index contributed by atoms with van der Waals surface area (Å²) in [6.07, 6.45) is 1.70. The lowest BCUT2D eigenvalue weighted by Gasteiger charge is -2.03. The predicted molar refractivity (Wildman–Crippen MR) is 68.9 cm³/mol. The first-order chi connectivity index (χ1) is 8.25. The van der Waals surface area contributed by atoms with Gasteiger partial charge in [0.15, 0.2) is 5.82 Å². The fraction of sp³-hybridized carbons (Fsp3) is 0.214. The quantitative estimate of drug-likeness (QED) is 0.702. The Morgan fingerprint density at radius 2 is 1.71 bits per heavy atom. The zero-order valence-electron chi connectivity index (χ0n) is 10.0. The summed E-state index contributed by atoms with van der Waals surface area (Å²) in [6.45, 7) is 4.34. The molecule has 0 spiro atoms. The van der Waals surface area contributed by atoms with Crippen molar-refractivity contribution in [1.82, 2.24) is 4.98 Å². The molecule has 0 aliphatic carbocycles. The van der Waals surface area contributed by atoms with Gasteiger partial charge in [0.05, 0.1) is 5.69 Å². The van der Waals surface area contributed by atoms with E-state index in [0.29, 0.717) is 11.7 Å². The van der Waals surface area contributed by atoms with Gasteiger partial charge in [-0.05, 0) is 35.7 Å². The number of hydrogen-bond donors (Lipinski definition) is 0. The number of pyridine rings is 1. The van der Waals surface area contributed by atoms with Gasteiger partial charge in [0, 0.05) is 6.20 Å². The molecule has 0 amide bonds. The fourth-order valence-electron chi connectivity index (χ4n) is 1.45. The van der Waals surface area contributed by atoms with E-state index in [4.69, 9.17) is 0 Å². The van der Waals surface area contributed by atoms with E-state index < -0.39 is 0 Å². The first-order valence-electron chi connectivity index (χ1n) is 5.68. The maximum absolute atomic E-state index is 4.14. The third-order valence-corrected chi connectivity index (χ3v) is 2.48. The van der Waals surface area contributed by atoms with Crippen LogP contribution < -0.4 is 0 Å². The summed E-state index contributed by atoms with van der Waals surface area (Å²) in [7, 11) is 0. The Balaban J connectivity index is 2.12. The van der Waals surface area contributed by atoms with Gasteiger partial charge < -0.3 is 0 Å². The number of rotatable bonds is 3. The van der Waals surface area contributed by atoms with Crippen molar-refractivity contribution >= 4 is 11.5 Å². The summed E-state index contributed by atoms with van der Waals surface area (Å²) in [5.74, 6) is 1.16. The van der Waals surface area contributed by atoms with Crippen LogP contribution in [0, 0.1) is 0 Å². The van der Waals surface area contributed by atoms with Crippen molar-refractivity contribution in [3.63, 3.8) is 0 Å². The van der Waals surface area contributed by atoms with Gasteiger partial charge in [-0.15, -0.1) is 10.2 Å². The van der Waals surface area contributed by atoms with Gasteiger partial charge in [0.25, 0.3) is 0 Å². The lowest BCUT2D eigenvalue weighted by atomic mass is 10.0. The van der Waals surface area contributed by atoms with E-state index in [2.05, 4.69) is 41.2 Å². The van der Waals surface area contributed by atoms with E-state index in [-0.39, 0.29) is 0 Å². The number of aromatic nitrogens is 1. The second-order valence-electron chi connectivity index (χ2n) is 4.13. The number of azo groups is 1. The van der Waals surface area contributed by atoms with Crippen LogP contribution in [-0.4, -0.2) is 4.98 Å². The third-order valence-electron chi connectivity index (χ3n) is 2.48. The first kappa shape index (κ1) is 11.5. The summed E-state index contributed by atoms with van der Waals surface area (Å²) >= 11 is 0. The molecule has 0 aliphatic rings. The van der Waals surface area contributed by atoms with E-state index in [9.17, 15) is 0 Å². The molecule has 0 bridgehead atoms. The summed E-state index contributed by atoms with van der Waals surface area (Å²) in [6, 6.07) is 13.7. The van der Waals surface area contributed by atoms with Gasteiger partial charge in [0.2, 0.25) is 0 Å². The SMILES string of the molecule is CC(C)c1ccc(N=Nc2ccccn2)cc1. The standard InChI is InChI=1S/C14H15N3/c1-11(2)12-6-8-13(9-7-12)16-17-14-5-3-4-10-15-14/h3-11H,1-2H3. The zero-order valence-corrected chi connectivity index (χ0v) is 10.0. The maximum atomic E-state index is 4.14. The van der Waals surface area contributed by atoms with Crippen LogP contribution in [0.1, 0.15) is 25.3 Å². The van der Waals surface area contributed by atoms with Crippen molar-refractivity contribution in [3.8, 4) is 0 Å². The Bertz CT molecular complexity index is 487. The van der Waals surface area contributed by atoms with Crippen molar-refractivity contribution < 1.29 is 0 Å². The number of hydrogen-bond acceptors (Lipinski definition) is 3. The molecule has 3 nitrogen and oxygen atoms in total. The van der Waals surface area contributed by atoms with Crippen molar-refractivity contribution in [3.05, 3.63) is 54.2 Å². The van der Waals surface area contributed by atoms with Crippen LogP contribution in [-0.2, 0) is 0 Å². The Labute approximate surface area is 101 Å². The van der Waals surface area contributed by atoms with Gasteiger partial charge in [0.1, 0.15) is 0 Å². The van der Waals surface area contributed by atoms with Crippen molar-refractivity contribution in [2.24, 2.45) is 10.2 Å². The highest BCUT2D eigenvalue weighted by Gasteiger charge is 1.97. The van der Waals surface area contributed by atoms with Crippen LogP contribution in [0.5, 0.6) is 0 Å². The highest BCUT2D eigenvalue weighted by Crippen LogP contribution is 2.20. The van der Waals surface area contributed by atoms with E-state index in [1.807, 2.05) is 30.3 Å². The molecular formula is C14H15N3. The van der Waals surface area contributed by atoms with Gasteiger partial charge in [-0.25, -0.2) is 4.98 Å². The second-order valence-corrected chi connectivity index (χ2v) is 4.13. The summed E-state index contributed by atoms with van der Waals surface area (Å²) in [5.41, 5.74) is 2.15. The molecule has 0 unspecified atom stereocenters. The van der Waals surface area contributed by atoms with Gasteiger partial charge in [-0.1, -0.05) is 32.0 Å². The Morgan fingerprint density at radius 1 is 0.941 bits per heavy atom. The molecule has 2 aromatic rings. The molecule has 17 heavy (non-hydrogen) atoms. The molecule has 0 fully saturated rings. The highest BCUT2D eigenvalue weighted by molar-refractivity contribution is 5.39. The van der Waals surface area contributed by atoms with Gasteiger partial charge in [-0.3, -0.25) is 0 Å². The van der Waals surface area contributed by atoms with Crippen LogP contribution in [0.2, 0.25) is 0 Å². The van der Waals surface area contributed by atoms with Crippen molar-refractivity contribution in [1.29, 1.82) is 0 Å². The van der Waals surface area contributed by atoms with Crippen molar-refractivity contribution in [2.45, 2.75) is 19.8 Å². The molecule has 1 heterocycles. The van der Waals surface area contributed by atoms with E-state index in [1.54, 1.807) is 6.20 Å². The maximum Gasteiger partial charge on any atom is 0.174 e. The molecule has 0 saturated heterocycles. The highest BCUT2D eigenvalue weighted by atomic mass is 15.1. The molecule has 1 aromatic heterocycles. The molecule has 3 heteroatoms. The average Bonchev–Trinajstić information content (AvgIpc) is 2.38. The van der Waals surface area contributed by atoms with Crippen LogP contribution in [0.4, 0.5) is 11.5 Å². The minimum atomic E-state index is 0.539. The normalized spacial score (nSPS) is 11.2. The van der Waals surface area contributed by atoms with E-state index >= 15 is 0 Å². The van der Waals surface area contributed by atoms with Gasteiger partial charge >= 0.3 is 0 Å². The van der Waals surface area contributed by atoms with Crippen LogP contribution in [0.25, 0.3) is 0 Å². The molecule has 0 aliphatic heterocycles. The molecule has 86 valence electrons. The monoisotopic (exact) mass is 225 g/mol. The third kappa shape index (κ3) is 3.21. The molecule has 0 radical (unpaired) electrons. The Hall–Kier alpha value is -2.03. The molecule has 2 rings (SSSR count). The topological polar surface area (TPSA) is 37.6 Å². The summed E-state index contributed by atoms with van der Waals surface area (Å²) in [5, 5.41) is 8.20. The first-order valence-corrected chi connectivity index (χ1v) is 5.68. The molecular weight excluding hydrogens is 210 g/mol. The smallest absolute Gasteiger partial charge is 0.174 e. The molecule has 0 atom stereocenters. The number of nitrogens with zero attached hydrogens (tertiary/aromatic N) is 3. The van der Waals surface area contributed by atoms with Crippen LogP contribution in [0.15, 0.2) is 58.9 Å². The van der Waals surface area contributed by atoms with Crippen LogP contribution >= 0.6 is 0 Å². The molecule has 0 saturated carbocycles. The van der Waals surface area contributed by atoms with E-state index in [1.165, 1.54) is 5.56 Å². The lowest BCUT2D eigenvalue weighted by molar-refractivity contribution is 0.866. The van der Waals surface area contributed by atoms with E-state index in [0.717, 1.165) is 5.69 Å². The number of benzene rings is 1. The average molecular weight is 225 g/mol. The Morgan fingerprint density at radius 3 is 2.29 bits per heavy atom. The minimum absolute atomic E-state index is 0.539. The summed E-state index contributed by atoms with van der Waals surface area (Å²) in [4.78, 5) is 4.08. The largest absolute Gasteiger partial charge is 0.236 e. The predicted octanol–water partition coefficient (Wildman–Crippen LogP) is 4.62. The fourth-order valence-corrected chi connectivity index (χ4v) is 1.45. The lowest BCUT2D eigenvalue weighted by Crippen LogP contribution is -1.84. The minimum Gasteiger partial charge on any atom is -0.236 e. The zero-order chi connectivity index (χ0) is 12.1. The Kier molecular flexibility index (Phi) is 3.60. The van der Waals surface area contributed by atoms with Crippen molar-refractivity contribution in [2.75, 3.05) is 0 Å². The van der Waals surface area contributed by atoms with Crippen LogP contribution in [0.3, 0.4) is 0 Å². The molecule has 0 N–H and O–H groups in total. The summed E-state index contributed by atoms with van der Waals surface area (Å²) < 4.78 is 0. The second kappa shape index (κ2) is 5.34.